The van der Waals surface area contributed by atoms with E-state index in [-0.39, 0.29) is 16.6 Å². The van der Waals surface area contributed by atoms with Crippen LogP contribution < -0.4 is 15.5 Å². The molecule has 168 valence electrons. The number of carbonyl (C=O) groups is 5. The molecular formula is C23H19ClN4O5. The largest absolute Gasteiger partial charge is 0.325 e. The number of rotatable bonds is 5. The van der Waals surface area contributed by atoms with Crippen LogP contribution in [0.15, 0.2) is 42.5 Å². The van der Waals surface area contributed by atoms with Gasteiger partial charge < -0.3 is 10.6 Å². The summed E-state index contributed by atoms with van der Waals surface area (Å²) >= 11 is 6.34. The van der Waals surface area contributed by atoms with E-state index in [0.717, 1.165) is 22.6 Å². The number of fused-ring (bicyclic) bond motifs is 1. The standard InChI is InChI=1S/C23H19ClN4O5/c1-23(12-6-7-12)21(32)27(22(33)26-23)11-18(29)25-13-8-9-17(16(24)10-13)28-19(30)14-4-2-3-5-15(14)20(28)31/h2-5,8-10,12H,6-7,11H2,1H3,(H,25,29)(H,26,33). The van der Waals surface area contributed by atoms with Crippen molar-refractivity contribution >= 4 is 52.6 Å². The van der Waals surface area contributed by atoms with Gasteiger partial charge in [-0.15, -0.1) is 0 Å². The van der Waals surface area contributed by atoms with Crippen LogP contribution in [0.5, 0.6) is 0 Å². The molecule has 5 rings (SSSR count). The lowest BCUT2D eigenvalue weighted by atomic mass is 9.96. The van der Waals surface area contributed by atoms with Crippen LogP contribution in [0.1, 0.15) is 40.5 Å². The van der Waals surface area contributed by atoms with E-state index in [4.69, 9.17) is 11.6 Å². The molecule has 1 unspecified atom stereocenters. The van der Waals surface area contributed by atoms with Gasteiger partial charge in [-0.25, -0.2) is 9.69 Å². The van der Waals surface area contributed by atoms with Gasteiger partial charge in [-0.05, 0) is 56.0 Å². The molecule has 2 aliphatic heterocycles. The number of nitrogens with zero attached hydrogens (tertiary/aromatic N) is 2. The van der Waals surface area contributed by atoms with Crippen molar-refractivity contribution in [2.45, 2.75) is 25.3 Å². The van der Waals surface area contributed by atoms with Gasteiger partial charge in [-0.3, -0.25) is 24.1 Å². The fourth-order valence-corrected chi connectivity index (χ4v) is 4.58. The highest BCUT2D eigenvalue weighted by Crippen LogP contribution is 2.42. The Labute approximate surface area is 193 Å². The zero-order valence-corrected chi connectivity index (χ0v) is 18.3. The van der Waals surface area contributed by atoms with E-state index in [2.05, 4.69) is 10.6 Å². The van der Waals surface area contributed by atoms with E-state index in [1.807, 2.05) is 0 Å². The van der Waals surface area contributed by atoms with Gasteiger partial charge in [0, 0.05) is 5.69 Å². The first-order valence-corrected chi connectivity index (χ1v) is 10.8. The number of halogens is 1. The molecule has 33 heavy (non-hydrogen) atoms. The van der Waals surface area contributed by atoms with Gasteiger partial charge in [0.15, 0.2) is 0 Å². The fraction of sp³-hybridized carbons (Fsp3) is 0.261. The molecule has 10 heteroatoms. The minimum atomic E-state index is -0.964. The summed E-state index contributed by atoms with van der Waals surface area (Å²) in [6.07, 6.45) is 1.72. The van der Waals surface area contributed by atoms with E-state index < -0.39 is 41.7 Å². The van der Waals surface area contributed by atoms with Gasteiger partial charge in [0.2, 0.25) is 5.91 Å². The minimum Gasteiger partial charge on any atom is -0.324 e. The third-order valence-electron chi connectivity index (χ3n) is 6.26. The normalized spacial score (nSPS) is 22.0. The number of hydrogen-bond donors (Lipinski definition) is 2. The number of imide groups is 2. The van der Waals surface area contributed by atoms with Crippen LogP contribution in [0, 0.1) is 5.92 Å². The van der Waals surface area contributed by atoms with Crippen LogP contribution in [-0.4, -0.2) is 46.6 Å². The van der Waals surface area contributed by atoms with Crippen molar-refractivity contribution in [3.8, 4) is 0 Å². The Hall–Kier alpha value is -3.72. The summed E-state index contributed by atoms with van der Waals surface area (Å²) in [5.41, 5.74) is 0.109. The van der Waals surface area contributed by atoms with Crippen LogP contribution >= 0.6 is 11.6 Å². The molecule has 0 bridgehead atoms. The van der Waals surface area contributed by atoms with Crippen molar-refractivity contribution in [1.82, 2.24) is 10.2 Å². The Kier molecular flexibility index (Phi) is 4.75. The molecule has 9 nitrogen and oxygen atoms in total. The Morgan fingerprint density at radius 2 is 1.73 bits per heavy atom. The molecular weight excluding hydrogens is 448 g/mol. The summed E-state index contributed by atoms with van der Waals surface area (Å²) in [4.78, 5) is 64.7. The molecule has 1 aliphatic carbocycles. The summed E-state index contributed by atoms with van der Waals surface area (Å²) < 4.78 is 0. The number of hydrogen-bond acceptors (Lipinski definition) is 5. The Morgan fingerprint density at radius 1 is 1.09 bits per heavy atom. The molecule has 3 aliphatic rings. The Bertz CT molecular complexity index is 1220. The number of benzene rings is 2. The van der Waals surface area contributed by atoms with Crippen molar-refractivity contribution in [1.29, 1.82) is 0 Å². The van der Waals surface area contributed by atoms with Gasteiger partial charge in [-0.2, -0.15) is 0 Å². The Balaban J connectivity index is 1.29. The van der Waals surface area contributed by atoms with E-state index in [1.165, 1.54) is 18.2 Å². The first-order valence-electron chi connectivity index (χ1n) is 10.4. The van der Waals surface area contributed by atoms with E-state index in [0.29, 0.717) is 16.8 Å². The van der Waals surface area contributed by atoms with Crippen molar-refractivity contribution in [2.75, 3.05) is 16.8 Å². The van der Waals surface area contributed by atoms with Gasteiger partial charge in [0.25, 0.3) is 17.7 Å². The van der Waals surface area contributed by atoms with Crippen LogP contribution in [0.25, 0.3) is 0 Å². The minimum absolute atomic E-state index is 0.0820. The van der Waals surface area contributed by atoms with Gasteiger partial charge >= 0.3 is 6.03 Å². The van der Waals surface area contributed by atoms with E-state index in [1.54, 1.807) is 31.2 Å². The first kappa shape index (κ1) is 21.1. The van der Waals surface area contributed by atoms with E-state index in [9.17, 15) is 24.0 Å². The number of amides is 6. The maximum Gasteiger partial charge on any atom is 0.325 e. The topological polar surface area (TPSA) is 116 Å². The molecule has 2 aromatic carbocycles. The quantitative estimate of drug-likeness (QED) is 0.519. The third-order valence-corrected chi connectivity index (χ3v) is 6.57. The molecule has 0 spiro atoms. The van der Waals surface area contributed by atoms with Crippen molar-refractivity contribution in [3.05, 3.63) is 58.6 Å². The zero-order chi connectivity index (χ0) is 23.5. The molecule has 1 saturated carbocycles. The highest BCUT2D eigenvalue weighted by atomic mass is 35.5. The number of carbonyl (C=O) groups excluding carboxylic acids is 5. The van der Waals surface area contributed by atoms with Crippen LogP contribution in [-0.2, 0) is 9.59 Å². The van der Waals surface area contributed by atoms with Crippen LogP contribution in [0.2, 0.25) is 5.02 Å². The molecule has 0 aromatic heterocycles. The lowest BCUT2D eigenvalue weighted by molar-refractivity contribution is -0.134. The van der Waals surface area contributed by atoms with E-state index >= 15 is 0 Å². The molecule has 0 radical (unpaired) electrons. The Morgan fingerprint density at radius 3 is 2.30 bits per heavy atom. The van der Waals surface area contributed by atoms with Gasteiger partial charge in [-0.1, -0.05) is 23.7 Å². The summed E-state index contributed by atoms with van der Waals surface area (Å²) in [6.45, 7) is 1.24. The predicted molar refractivity (Wildman–Crippen MR) is 119 cm³/mol. The maximum atomic E-state index is 12.7. The molecule has 1 atom stereocenters. The molecule has 1 saturated heterocycles. The molecule has 2 aromatic rings. The average molecular weight is 467 g/mol. The number of nitrogens with one attached hydrogen (secondary N) is 2. The molecule has 2 heterocycles. The second kappa shape index (κ2) is 7.41. The zero-order valence-electron chi connectivity index (χ0n) is 17.6. The molecule has 2 N–H and O–H groups in total. The lowest BCUT2D eigenvalue weighted by Crippen LogP contribution is -2.46. The first-order chi connectivity index (χ1) is 15.7. The number of anilines is 2. The van der Waals surface area contributed by atoms with Crippen molar-refractivity contribution < 1.29 is 24.0 Å². The predicted octanol–water partition coefficient (Wildman–Crippen LogP) is 2.80. The second-order valence-corrected chi connectivity index (χ2v) is 8.91. The summed E-state index contributed by atoms with van der Waals surface area (Å²) in [5.74, 6) is -1.86. The van der Waals surface area contributed by atoms with Gasteiger partial charge in [0.1, 0.15) is 12.1 Å². The monoisotopic (exact) mass is 466 g/mol. The summed E-state index contributed by atoms with van der Waals surface area (Å²) in [6, 6.07) is 10.2. The summed E-state index contributed by atoms with van der Waals surface area (Å²) in [7, 11) is 0. The fourth-order valence-electron chi connectivity index (χ4n) is 4.31. The van der Waals surface area contributed by atoms with Crippen molar-refractivity contribution in [2.24, 2.45) is 5.92 Å². The van der Waals surface area contributed by atoms with Crippen molar-refractivity contribution in [3.63, 3.8) is 0 Å². The lowest BCUT2D eigenvalue weighted by Gasteiger charge is -2.20. The van der Waals surface area contributed by atoms with Crippen LogP contribution in [0.3, 0.4) is 0 Å². The maximum absolute atomic E-state index is 12.7. The summed E-state index contributed by atoms with van der Waals surface area (Å²) in [5, 5.41) is 5.37. The smallest absolute Gasteiger partial charge is 0.324 e. The highest BCUT2D eigenvalue weighted by Gasteiger charge is 2.56. The average Bonchev–Trinajstić information content (AvgIpc) is 3.57. The van der Waals surface area contributed by atoms with Gasteiger partial charge in [0.05, 0.1) is 21.8 Å². The SMILES string of the molecule is CC1(C2CC2)NC(=O)N(CC(=O)Nc2ccc(N3C(=O)c4ccccc4C3=O)c(Cl)c2)C1=O. The third kappa shape index (κ3) is 3.36. The number of urea groups is 1. The highest BCUT2D eigenvalue weighted by molar-refractivity contribution is 6.40. The second-order valence-electron chi connectivity index (χ2n) is 8.50. The van der Waals surface area contributed by atoms with Crippen LogP contribution in [0.4, 0.5) is 16.2 Å². The molecule has 6 amide bonds. The molecule has 2 fully saturated rings.